The highest BCUT2D eigenvalue weighted by Gasteiger charge is 2.28. The summed E-state index contributed by atoms with van der Waals surface area (Å²) in [5, 5.41) is 5.47. The standard InChI is InChI=1S/C37H40F2N10O2/c1-22(2)49-23(3)42-35-28(38)17-25(18-31(35)49)34-29(39)20-41-36(45-34)43-32-10-9-27(19-40-32)47-14-11-26(12-15-47)46(4)21-24-7-5-6-8-30(24)48-16-13-33(50)44-37(48)51/h5-10,17-20,22,26H,11-16,21H2,1-4H3,(H,44,50,51)(H,40,41,43,45). The molecule has 51 heavy (non-hydrogen) atoms. The summed E-state index contributed by atoms with van der Waals surface area (Å²) in [7, 11) is 2.11. The molecule has 12 nitrogen and oxygen atoms in total. The van der Waals surface area contributed by atoms with Crippen molar-refractivity contribution in [3.63, 3.8) is 0 Å². The maximum Gasteiger partial charge on any atom is 0.328 e. The summed E-state index contributed by atoms with van der Waals surface area (Å²) in [6.45, 7) is 8.54. The first-order valence-corrected chi connectivity index (χ1v) is 17.1. The number of benzene rings is 2. The third-order valence-electron chi connectivity index (χ3n) is 9.66. The number of amides is 3. The Bertz CT molecular complexity index is 2090. The van der Waals surface area contributed by atoms with E-state index in [1.807, 2.05) is 61.7 Å². The molecule has 2 aliphatic heterocycles. The fraction of sp³-hybridized carbons (Fsp3) is 0.351. The van der Waals surface area contributed by atoms with Crippen LogP contribution in [0.4, 0.5) is 36.7 Å². The normalized spacial score (nSPS) is 15.7. The number of urea groups is 1. The number of aromatic nitrogens is 5. The Morgan fingerprint density at radius 1 is 0.980 bits per heavy atom. The lowest BCUT2D eigenvalue weighted by atomic mass is 10.0. The quantitative estimate of drug-likeness (QED) is 0.182. The highest BCUT2D eigenvalue weighted by molar-refractivity contribution is 6.05. The first-order valence-electron chi connectivity index (χ1n) is 17.1. The number of hydrogen-bond acceptors (Lipinski definition) is 9. The number of aryl methyl sites for hydroxylation is 1. The average Bonchev–Trinajstić information content (AvgIpc) is 3.46. The molecule has 2 aliphatic rings. The number of halogens is 2. The third-order valence-corrected chi connectivity index (χ3v) is 9.66. The molecule has 264 valence electrons. The molecule has 0 radical (unpaired) electrons. The Labute approximate surface area is 294 Å². The van der Waals surface area contributed by atoms with Crippen LogP contribution >= 0.6 is 0 Å². The Morgan fingerprint density at radius 2 is 1.76 bits per heavy atom. The van der Waals surface area contributed by atoms with E-state index in [0.29, 0.717) is 41.9 Å². The van der Waals surface area contributed by atoms with Gasteiger partial charge in [0, 0.05) is 55.9 Å². The van der Waals surface area contributed by atoms with Gasteiger partial charge in [-0.1, -0.05) is 18.2 Å². The zero-order valence-electron chi connectivity index (χ0n) is 29.0. The molecule has 0 saturated carbocycles. The largest absolute Gasteiger partial charge is 0.370 e. The predicted molar refractivity (Wildman–Crippen MR) is 192 cm³/mol. The summed E-state index contributed by atoms with van der Waals surface area (Å²) in [5.41, 5.74) is 3.93. The molecule has 14 heteroatoms. The van der Waals surface area contributed by atoms with Crippen molar-refractivity contribution in [3.8, 4) is 11.3 Å². The van der Waals surface area contributed by atoms with Crippen LogP contribution in [0.5, 0.6) is 0 Å². The summed E-state index contributed by atoms with van der Waals surface area (Å²) >= 11 is 0. The molecule has 2 N–H and O–H groups in total. The molecule has 0 atom stereocenters. The average molecular weight is 695 g/mol. The number of hydrogen-bond donors (Lipinski definition) is 2. The Hall–Kier alpha value is -5.50. The molecule has 7 rings (SSSR count). The van der Waals surface area contributed by atoms with Gasteiger partial charge in [0.05, 0.1) is 23.6 Å². The van der Waals surface area contributed by atoms with Gasteiger partial charge in [-0.3, -0.25) is 19.9 Å². The van der Waals surface area contributed by atoms with Crippen LogP contribution in [-0.2, 0) is 11.3 Å². The number of rotatable bonds is 9. The molecule has 5 aromatic rings. The summed E-state index contributed by atoms with van der Waals surface area (Å²) in [6.07, 6.45) is 5.05. The lowest BCUT2D eigenvalue weighted by Gasteiger charge is -2.38. The van der Waals surface area contributed by atoms with Crippen molar-refractivity contribution in [1.29, 1.82) is 0 Å². The molecule has 2 saturated heterocycles. The van der Waals surface area contributed by atoms with Gasteiger partial charge in [-0.05, 0) is 76.6 Å². The number of fused-ring (bicyclic) bond motifs is 1. The van der Waals surface area contributed by atoms with Crippen LogP contribution in [-0.4, -0.2) is 74.1 Å². The minimum atomic E-state index is -0.666. The SMILES string of the molecule is Cc1nc2c(F)cc(-c3nc(Nc4ccc(N5CCC(N(C)Cc6ccccc6N6CCC(=O)NC6=O)CC5)cn4)ncc3F)cc2n1C(C)C. The van der Waals surface area contributed by atoms with Crippen molar-refractivity contribution in [2.24, 2.45) is 0 Å². The van der Waals surface area contributed by atoms with Crippen LogP contribution in [0, 0.1) is 18.6 Å². The van der Waals surface area contributed by atoms with Crippen LogP contribution in [0.3, 0.4) is 0 Å². The van der Waals surface area contributed by atoms with Gasteiger partial charge >= 0.3 is 6.03 Å². The number of carbonyl (C=O) groups is 2. The van der Waals surface area contributed by atoms with E-state index in [1.165, 1.54) is 6.07 Å². The lowest BCUT2D eigenvalue weighted by molar-refractivity contribution is -0.120. The van der Waals surface area contributed by atoms with Gasteiger partial charge in [0.1, 0.15) is 22.9 Å². The van der Waals surface area contributed by atoms with Gasteiger partial charge in [0.15, 0.2) is 11.6 Å². The smallest absolute Gasteiger partial charge is 0.328 e. The van der Waals surface area contributed by atoms with E-state index in [1.54, 1.807) is 17.2 Å². The number of imidazole rings is 1. The first-order chi connectivity index (χ1) is 24.5. The highest BCUT2D eigenvalue weighted by atomic mass is 19.1. The molecule has 3 amide bonds. The summed E-state index contributed by atoms with van der Waals surface area (Å²) in [6, 6.07) is 14.6. The molecule has 0 unspecified atom stereocenters. The third kappa shape index (κ3) is 6.96. The first kappa shape index (κ1) is 34.0. The summed E-state index contributed by atoms with van der Waals surface area (Å²) < 4.78 is 32.0. The molecule has 5 heterocycles. The van der Waals surface area contributed by atoms with Crippen LogP contribution in [0.2, 0.25) is 0 Å². The van der Waals surface area contributed by atoms with Crippen molar-refractivity contribution < 1.29 is 18.4 Å². The number of carbonyl (C=O) groups excluding carboxylic acids is 2. The Morgan fingerprint density at radius 3 is 2.49 bits per heavy atom. The number of pyridine rings is 1. The van der Waals surface area contributed by atoms with Crippen LogP contribution in [0.25, 0.3) is 22.3 Å². The zero-order chi connectivity index (χ0) is 35.8. The summed E-state index contributed by atoms with van der Waals surface area (Å²) in [4.78, 5) is 47.9. The molecule has 0 spiro atoms. The van der Waals surface area contributed by atoms with Gasteiger partial charge < -0.3 is 14.8 Å². The number of piperidine rings is 1. The minimum absolute atomic E-state index is 0.0242. The van der Waals surface area contributed by atoms with E-state index in [2.05, 4.69) is 47.4 Å². The van der Waals surface area contributed by atoms with E-state index in [4.69, 9.17) is 0 Å². The predicted octanol–water partition coefficient (Wildman–Crippen LogP) is 6.35. The van der Waals surface area contributed by atoms with E-state index < -0.39 is 11.6 Å². The van der Waals surface area contributed by atoms with Gasteiger partial charge in [0.2, 0.25) is 11.9 Å². The van der Waals surface area contributed by atoms with Crippen molar-refractivity contribution in [2.75, 3.05) is 41.8 Å². The molecule has 2 fully saturated rings. The number of nitrogens with zero attached hydrogens (tertiary/aromatic N) is 8. The van der Waals surface area contributed by atoms with Gasteiger partial charge in [-0.2, -0.15) is 0 Å². The van der Waals surface area contributed by atoms with E-state index in [-0.39, 0.29) is 41.6 Å². The molecule has 0 aliphatic carbocycles. The minimum Gasteiger partial charge on any atom is -0.370 e. The zero-order valence-corrected chi connectivity index (χ0v) is 29.0. The number of anilines is 4. The van der Waals surface area contributed by atoms with Crippen LogP contribution < -0.4 is 20.4 Å². The van der Waals surface area contributed by atoms with Crippen molar-refractivity contribution in [3.05, 3.63) is 83.9 Å². The Kier molecular flexibility index (Phi) is 9.34. The number of imide groups is 1. The number of para-hydroxylation sites is 1. The van der Waals surface area contributed by atoms with Gasteiger partial charge in [-0.25, -0.2) is 33.5 Å². The molecule has 0 bridgehead atoms. The van der Waals surface area contributed by atoms with Crippen LogP contribution in [0.15, 0.2) is 60.9 Å². The maximum atomic E-state index is 15.1. The van der Waals surface area contributed by atoms with Crippen molar-refractivity contribution in [2.45, 2.75) is 58.7 Å². The molecule has 2 aromatic carbocycles. The van der Waals surface area contributed by atoms with Crippen LogP contribution in [0.1, 0.15) is 50.5 Å². The monoisotopic (exact) mass is 694 g/mol. The van der Waals surface area contributed by atoms with E-state index in [9.17, 15) is 9.59 Å². The topological polar surface area (TPSA) is 124 Å². The van der Waals surface area contributed by atoms with E-state index in [0.717, 1.165) is 49.1 Å². The molecular formula is C37H40F2N10O2. The number of nitrogens with one attached hydrogen (secondary N) is 2. The summed E-state index contributed by atoms with van der Waals surface area (Å²) in [5.74, 6) is -0.147. The second-order valence-corrected chi connectivity index (χ2v) is 13.4. The van der Waals surface area contributed by atoms with Gasteiger partial charge in [-0.15, -0.1) is 0 Å². The fourth-order valence-corrected chi connectivity index (χ4v) is 7.11. The Balaban J connectivity index is 0.984. The second kappa shape index (κ2) is 14.0. The maximum absolute atomic E-state index is 15.1. The van der Waals surface area contributed by atoms with E-state index >= 15 is 8.78 Å². The highest BCUT2D eigenvalue weighted by Crippen LogP contribution is 2.31. The van der Waals surface area contributed by atoms with Gasteiger partial charge in [0.25, 0.3) is 0 Å². The molecular weight excluding hydrogens is 654 g/mol. The fourth-order valence-electron chi connectivity index (χ4n) is 7.11. The molecule has 3 aromatic heterocycles. The van der Waals surface area contributed by atoms with Crippen molar-refractivity contribution >= 4 is 46.1 Å². The second-order valence-electron chi connectivity index (χ2n) is 13.4. The van der Waals surface area contributed by atoms with Crippen molar-refractivity contribution in [1.82, 2.24) is 34.7 Å². The lowest BCUT2D eigenvalue weighted by Crippen LogP contribution is -2.50.